The van der Waals surface area contributed by atoms with Crippen LogP contribution in [0.4, 0.5) is 4.79 Å². The number of rotatable bonds is 5. The highest BCUT2D eigenvalue weighted by Gasteiger charge is 2.14. The number of hydrogen-bond donors (Lipinski definition) is 2. The molecule has 0 aromatic heterocycles. The first-order chi connectivity index (χ1) is 7.72. The van der Waals surface area contributed by atoms with E-state index in [-0.39, 0.29) is 5.88 Å². The average molecular weight is 249 g/mol. The Kier molecular flexibility index (Phi) is 6.18. The molecule has 0 aromatic carbocycles. The summed E-state index contributed by atoms with van der Waals surface area (Å²) in [6, 6.07) is -0.527. The molecule has 5 nitrogen and oxygen atoms in total. The normalized spacial score (nSPS) is 16.1. The van der Waals surface area contributed by atoms with Crippen molar-refractivity contribution in [2.75, 3.05) is 19.0 Å². The number of nitrogens with one attached hydrogen (secondary N) is 2. The lowest BCUT2D eigenvalue weighted by Crippen LogP contribution is -2.41. The number of hydrogen-bond acceptors (Lipinski definition) is 3. The molecule has 0 unspecified atom stereocenters. The third-order valence-corrected chi connectivity index (χ3v) is 2.66. The Bertz CT molecular complexity index is 242. The third-order valence-electron chi connectivity index (χ3n) is 2.42. The summed E-state index contributed by atoms with van der Waals surface area (Å²) in [5.41, 5.74) is 0. The van der Waals surface area contributed by atoms with Gasteiger partial charge in [0.05, 0.1) is 12.7 Å². The molecule has 1 fully saturated rings. The Morgan fingerprint density at radius 2 is 2.00 bits per heavy atom. The lowest BCUT2D eigenvalue weighted by atomic mass is 10.3. The lowest BCUT2D eigenvalue weighted by molar-refractivity contribution is -0.117. The molecular formula is C10H17ClN2O3. The maximum absolute atomic E-state index is 11.1. The second kappa shape index (κ2) is 7.46. The van der Waals surface area contributed by atoms with Gasteiger partial charge in [-0.25, -0.2) is 4.79 Å². The van der Waals surface area contributed by atoms with Crippen LogP contribution in [0.3, 0.4) is 0 Å². The van der Waals surface area contributed by atoms with E-state index in [9.17, 15) is 9.59 Å². The van der Waals surface area contributed by atoms with Crippen molar-refractivity contribution in [1.82, 2.24) is 10.6 Å². The Labute approximate surface area is 99.9 Å². The fourth-order valence-electron chi connectivity index (χ4n) is 1.65. The van der Waals surface area contributed by atoms with E-state index in [0.717, 1.165) is 12.8 Å². The van der Waals surface area contributed by atoms with Gasteiger partial charge in [-0.3, -0.25) is 10.1 Å². The van der Waals surface area contributed by atoms with Crippen LogP contribution < -0.4 is 10.6 Å². The zero-order valence-electron chi connectivity index (χ0n) is 9.13. The van der Waals surface area contributed by atoms with Gasteiger partial charge in [0.1, 0.15) is 5.88 Å². The Balaban J connectivity index is 1.97. The molecule has 1 saturated carbocycles. The molecule has 0 saturated heterocycles. The molecule has 0 aliphatic heterocycles. The van der Waals surface area contributed by atoms with Gasteiger partial charge in [-0.1, -0.05) is 12.8 Å². The van der Waals surface area contributed by atoms with Crippen molar-refractivity contribution < 1.29 is 14.3 Å². The largest absolute Gasteiger partial charge is 0.376 e. The van der Waals surface area contributed by atoms with Crippen LogP contribution in [-0.2, 0) is 9.53 Å². The lowest BCUT2D eigenvalue weighted by Gasteiger charge is -2.11. The summed E-state index contributed by atoms with van der Waals surface area (Å²) >= 11 is 5.23. The van der Waals surface area contributed by atoms with Crippen LogP contribution in [0.2, 0.25) is 0 Å². The number of alkyl halides is 1. The molecule has 1 rings (SSSR count). The van der Waals surface area contributed by atoms with Crippen LogP contribution in [0.25, 0.3) is 0 Å². The van der Waals surface area contributed by atoms with Crippen molar-refractivity contribution in [2.45, 2.75) is 31.8 Å². The van der Waals surface area contributed by atoms with Gasteiger partial charge in [-0.05, 0) is 12.8 Å². The molecular weight excluding hydrogens is 232 g/mol. The standard InChI is InChI=1S/C10H17ClN2O3/c11-7-9(14)13-10(15)12-5-6-16-8-3-1-2-4-8/h8H,1-7H2,(H2,12,13,14,15). The van der Waals surface area contributed by atoms with Gasteiger partial charge < -0.3 is 10.1 Å². The van der Waals surface area contributed by atoms with Crippen LogP contribution in [0.5, 0.6) is 0 Å². The van der Waals surface area contributed by atoms with Crippen molar-refractivity contribution >= 4 is 23.5 Å². The summed E-state index contributed by atoms with van der Waals surface area (Å²) in [4.78, 5) is 21.8. The molecule has 0 heterocycles. The van der Waals surface area contributed by atoms with Gasteiger partial charge in [0, 0.05) is 6.54 Å². The van der Waals surface area contributed by atoms with E-state index in [2.05, 4.69) is 10.6 Å². The van der Waals surface area contributed by atoms with Gasteiger partial charge in [0.2, 0.25) is 5.91 Å². The van der Waals surface area contributed by atoms with E-state index in [1.807, 2.05) is 0 Å². The van der Waals surface area contributed by atoms with Crippen LogP contribution in [0.15, 0.2) is 0 Å². The van der Waals surface area contributed by atoms with E-state index >= 15 is 0 Å². The number of carbonyl (C=O) groups is 2. The number of carbonyl (C=O) groups excluding carboxylic acids is 2. The topological polar surface area (TPSA) is 67.4 Å². The monoisotopic (exact) mass is 248 g/mol. The maximum atomic E-state index is 11.1. The SMILES string of the molecule is O=C(CCl)NC(=O)NCCOC1CCCC1. The molecule has 0 bridgehead atoms. The fourth-order valence-corrected chi connectivity index (χ4v) is 1.72. The minimum Gasteiger partial charge on any atom is -0.376 e. The van der Waals surface area contributed by atoms with Gasteiger partial charge >= 0.3 is 6.03 Å². The first kappa shape index (κ1) is 13.3. The number of amides is 3. The molecule has 1 aliphatic rings. The van der Waals surface area contributed by atoms with E-state index in [4.69, 9.17) is 16.3 Å². The van der Waals surface area contributed by atoms with Crippen molar-refractivity contribution in [1.29, 1.82) is 0 Å². The summed E-state index contributed by atoms with van der Waals surface area (Å²) in [7, 11) is 0. The van der Waals surface area contributed by atoms with E-state index in [0.29, 0.717) is 19.3 Å². The van der Waals surface area contributed by atoms with E-state index < -0.39 is 11.9 Å². The highest BCUT2D eigenvalue weighted by atomic mass is 35.5. The van der Waals surface area contributed by atoms with Gasteiger partial charge in [0.25, 0.3) is 0 Å². The fraction of sp³-hybridized carbons (Fsp3) is 0.800. The van der Waals surface area contributed by atoms with Crippen molar-refractivity contribution in [3.8, 4) is 0 Å². The second-order valence-electron chi connectivity index (χ2n) is 3.71. The summed E-state index contributed by atoms with van der Waals surface area (Å²) in [5, 5.41) is 4.60. The number of imide groups is 1. The molecule has 6 heteroatoms. The molecule has 2 N–H and O–H groups in total. The Hall–Kier alpha value is -0.810. The first-order valence-electron chi connectivity index (χ1n) is 5.47. The molecule has 0 atom stereocenters. The van der Waals surface area contributed by atoms with Gasteiger partial charge in [-0.2, -0.15) is 0 Å². The third kappa shape index (κ3) is 5.32. The van der Waals surface area contributed by atoms with E-state index in [1.54, 1.807) is 0 Å². The van der Waals surface area contributed by atoms with Crippen LogP contribution in [0, 0.1) is 0 Å². The molecule has 0 radical (unpaired) electrons. The van der Waals surface area contributed by atoms with Crippen LogP contribution >= 0.6 is 11.6 Å². The van der Waals surface area contributed by atoms with Gasteiger partial charge in [-0.15, -0.1) is 11.6 Å². The smallest absolute Gasteiger partial charge is 0.321 e. The second-order valence-corrected chi connectivity index (χ2v) is 3.98. The summed E-state index contributed by atoms with van der Waals surface area (Å²) in [6.45, 7) is 0.880. The molecule has 3 amide bonds. The summed E-state index contributed by atoms with van der Waals surface area (Å²) in [5.74, 6) is -0.720. The highest BCUT2D eigenvalue weighted by Crippen LogP contribution is 2.20. The molecule has 1 aliphatic carbocycles. The molecule has 92 valence electrons. The average Bonchev–Trinajstić information content (AvgIpc) is 2.77. The zero-order valence-corrected chi connectivity index (χ0v) is 9.89. The first-order valence-corrected chi connectivity index (χ1v) is 6.01. The zero-order chi connectivity index (χ0) is 11.8. The van der Waals surface area contributed by atoms with Crippen molar-refractivity contribution in [2.24, 2.45) is 0 Å². The number of ether oxygens (including phenoxy) is 1. The highest BCUT2D eigenvalue weighted by molar-refractivity contribution is 6.28. The van der Waals surface area contributed by atoms with Crippen molar-refractivity contribution in [3.63, 3.8) is 0 Å². The molecule has 0 spiro atoms. The predicted molar refractivity (Wildman–Crippen MR) is 60.5 cm³/mol. The van der Waals surface area contributed by atoms with E-state index in [1.165, 1.54) is 12.8 Å². The van der Waals surface area contributed by atoms with Gasteiger partial charge in [0.15, 0.2) is 0 Å². The minimum absolute atomic E-state index is 0.216. The molecule has 16 heavy (non-hydrogen) atoms. The maximum Gasteiger partial charge on any atom is 0.321 e. The number of halogens is 1. The number of urea groups is 1. The Morgan fingerprint density at radius 3 is 2.62 bits per heavy atom. The van der Waals surface area contributed by atoms with Crippen LogP contribution in [-0.4, -0.2) is 37.1 Å². The molecule has 0 aromatic rings. The predicted octanol–water partition coefficient (Wildman–Crippen LogP) is 1.01. The van der Waals surface area contributed by atoms with Crippen molar-refractivity contribution in [3.05, 3.63) is 0 Å². The summed E-state index contributed by atoms with van der Waals surface area (Å²) in [6.07, 6.45) is 5.01. The Morgan fingerprint density at radius 1 is 1.31 bits per heavy atom. The summed E-state index contributed by atoms with van der Waals surface area (Å²) < 4.78 is 5.53. The van der Waals surface area contributed by atoms with Crippen LogP contribution in [0.1, 0.15) is 25.7 Å². The minimum atomic E-state index is -0.527. The quantitative estimate of drug-likeness (QED) is 0.564.